The number of amides is 1. The fourth-order valence-corrected chi connectivity index (χ4v) is 8.03. The summed E-state index contributed by atoms with van der Waals surface area (Å²) in [5, 5.41) is 0. The van der Waals surface area contributed by atoms with Crippen LogP contribution in [-0.2, 0) is 21.0 Å². The third-order valence-electron chi connectivity index (χ3n) is 8.84. The largest absolute Gasteiger partial charge is 0.435 e. The molecule has 3 aliphatic rings. The number of halogens is 6. The second kappa shape index (κ2) is 11.1. The zero-order valence-electron chi connectivity index (χ0n) is 23.6. The standard InChI is InChI=1S/C30H28F6N4O4S/c31-21-11-19(12-23(15-21)44-28(32)33)18-5-6-25-26(13-18)40(45(42,43)24-4-1-3-20(14-24)30(34,35)36)17-22-16-38(9-10-39(22)25)29(27(37)41)7-2-8-29/h1,3-6,11-15,22,28H,2,7-10,16-17H2,(H2,37,41)/t22-/m0/s1. The number of carbonyl (C=O) groups is 1. The number of primary amides is 1. The molecule has 2 N–H and O–H groups in total. The van der Waals surface area contributed by atoms with Gasteiger partial charge in [-0.15, -0.1) is 0 Å². The van der Waals surface area contributed by atoms with Crippen LogP contribution in [0.25, 0.3) is 11.1 Å². The van der Waals surface area contributed by atoms with Gasteiger partial charge in [0, 0.05) is 25.7 Å². The molecule has 2 fully saturated rings. The van der Waals surface area contributed by atoms with E-state index in [-0.39, 0.29) is 29.9 Å². The number of nitrogens with two attached hydrogens (primary N) is 1. The number of rotatable bonds is 7. The molecular formula is C30H28F6N4O4S. The fraction of sp³-hybridized carbons (Fsp3) is 0.367. The highest BCUT2D eigenvalue weighted by Crippen LogP contribution is 2.45. The predicted octanol–water partition coefficient (Wildman–Crippen LogP) is 5.22. The predicted molar refractivity (Wildman–Crippen MR) is 153 cm³/mol. The number of benzene rings is 3. The molecule has 6 rings (SSSR count). The lowest BCUT2D eigenvalue weighted by Gasteiger charge is -2.55. The summed E-state index contributed by atoms with van der Waals surface area (Å²) >= 11 is 0. The van der Waals surface area contributed by atoms with Crippen LogP contribution in [0, 0.1) is 5.82 Å². The highest BCUT2D eigenvalue weighted by molar-refractivity contribution is 7.92. The monoisotopic (exact) mass is 654 g/mol. The summed E-state index contributed by atoms with van der Waals surface area (Å²) in [6, 6.07) is 10.6. The summed E-state index contributed by atoms with van der Waals surface area (Å²) in [5.74, 6) is -1.77. The maximum absolute atomic E-state index is 14.4. The van der Waals surface area contributed by atoms with Crippen molar-refractivity contribution in [2.24, 2.45) is 5.73 Å². The van der Waals surface area contributed by atoms with Crippen molar-refractivity contribution in [2.45, 2.75) is 48.5 Å². The molecule has 0 spiro atoms. The third-order valence-corrected chi connectivity index (χ3v) is 10.6. The number of ether oxygens (including phenoxy) is 1. The van der Waals surface area contributed by atoms with E-state index in [0.29, 0.717) is 37.7 Å². The molecule has 3 aromatic rings. The van der Waals surface area contributed by atoms with Gasteiger partial charge in [-0.2, -0.15) is 22.0 Å². The topological polar surface area (TPSA) is 96.2 Å². The van der Waals surface area contributed by atoms with Gasteiger partial charge in [0.1, 0.15) is 17.1 Å². The summed E-state index contributed by atoms with van der Waals surface area (Å²) in [7, 11) is -4.60. The van der Waals surface area contributed by atoms with Gasteiger partial charge in [0.25, 0.3) is 10.0 Å². The average Bonchev–Trinajstić information content (AvgIpc) is 2.94. The van der Waals surface area contributed by atoms with E-state index in [4.69, 9.17) is 5.73 Å². The Labute approximate surface area is 255 Å². The first-order valence-corrected chi connectivity index (χ1v) is 15.5. The molecule has 1 atom stereocenters. The van der Waals surface area contributed by atoms with Crippen molar-refractivity contribution < 1.29 is 44.3 Å². The number of anilines is 2. The Bertz CT molecular complexity index is 1750. The lowest BCUT2D eigenvalue weighted by atomic mass is 9.74. The average molecular weight is 655 g/mol. The van der Waals surface area contributed by atoms with Gasteiger partial charge in [-0.05, 0) is 72.9 Å². The van der Waals surface area contributed by atoms with Crippen LogP contribution in [0.15, 0.2) is 65.6 Å². The quantitative estimate of drug-likeness (QED) is 0.351. The van der Waals surface area contributed by atoms with E-state index in [2.05, 4.69) is 4.74 Å². The van der Waals surface area contributed by atoms with Crippen LogP contribution in [0.4, 0.5) is 37.7 Å². The highest BCUT2D eigenvalue weighted by atomic mass is 32.2. The van der Waals surface area contributed by atoms with Gasteiger partial charge in [0.05, 0.1) is 34.4 Å². The van der Waals surface area contributed by atoms with Crippen molar-refractivity contribution in [1.82, 2.24) is 4.90 Å². The van der Waals surface area contributed by atoms with Gasteiger partial charge in [0.15, 0.2) is 0 Å². The van der Waals surface area contributed by atoms with E-state index in [1.165, 1.54) is 12.1 Å². The minimum absolute atomic E-state index is 0.114. The van der Waals surface area contributed by atoms with Crippen molar-refractivity contribution in [3.63, 3.8) is 0 Å². The Balaban J connectivity index is 1.45. The van der Waals surface area contributed by atoms with E-state index in [0.717, 1.165) is 41.1 Å². The van der Waals surface area contributed by atoms with Gasteiger partial charge in [0.2, 0.25) is 5.91 Å². The number of carbonyl (C=O) groups excluding carboxylic acids is 1. The number of piperazine rings is 1. The highest BCUT2D eigenvalue weighted by Gasteiger charge is 2.51. The van der Waals surface area contributed by atoms with Gasteiger partial charge >= 0.3 is 12.8 Å². The Morgan fingerprint density at radius 3 is 2.36 bits per heavy atom. The Kier molecular flexibility index (Phi) is 7.67. The number of alkyl halides is 5. The summed E-state index contributed by atoms with van der Waals surface area (Å²) in [6.07, 6.45) is -2.82. The minimum atomic E-state index is -4.79. The molecule has 8 nitrogen and oxygen atoms in total. The van der Waals surface area contributed by atoms with E-state index in [9.17, 15) is 39.6 Å². The zero-order chi connectivity index (χ0) is 32.3. The van der Waals surface area contributed by atoms with Crippen LogP contribution in [0.2, 0.25) is 0 Å². The zero-order valence-corrected chi connectivity index (χ0v) is 24.4. The third kappa shape index (κ3) is 5.56. The van der Waals surface area contributed by atoms with Crippen molar-refractivity contribution >= 4 is 27.3 Å². The Hall–Kier alpha value is -3.98. The molecule has 0 bridgehead atoms. The summed E-state index contributed by atoms with van der Waals surface area (Å²) in [5.41, 5.74) is 4.75. The first kappa shape index (κ1) is 31.0. The van der Waals surface area contributed by atoms with Crippen LogP contribution in [-0.4, -0.2) is 63.6 Å². The smallest absolute Gasteiger partial charge is 0.416 e. The Morgan fingerprint density at radius 2 is 1.71 bits per heavy atom. The van der Waals surface area contributed by atoms with Gasteiger partial charge < -0.3 is 15.4 Å². The summed E-state index contributed by atoms with van der Waals surface area (Å²) in [6.45, 7) is -2.25. The molecule has 3 aromatic carbocycles. The number of hydrogen-bond acceptors (Lipinski definition) is 6. The fourth-order valence-electron chi connectivity index (χ4n) is 6.47. The van der Waals surface area contributed by atoms with E-state index < -0.39 is 62.3 Å². The molecule has 15 heteroatoms. The van der Waals surface area contributed by atoms with Gasteiger partial charge in [-0.3, -0.25) is 14.0 Å². The van der Waals surface area contributed by atoms with Crippen LogP contribution in [0.3, 0.4) is 0 Å². The Morgan fingerprint density at radius 1 is 0.956 bits per heavy atom. The van der Waals surface area contributed by atoms with E-state index in [1.54, 1.807) is 12.1 Å². The summed E-state index contributed by atoms with van der Waals surface area (Å²) < 4.78 is 114. The molecule has 1 saturated heterocycles. The first-order valence-electron chi connectivity index (χ1n) is 14.1. The van der Waals surface area contributed by atoms with Crippen molar-refractivity contribution in [3.8, 4) is 16.9 Å². The lowest BCUT2D eigenvalue weighted by Crippen LogP contribution is -2.70. The van der Waals surface area contributed by atoms with Crippen molar-refractivity contribution in [3.05, 3.63) is 72.0 Å². The maximum atomic E-state index is 14.4. The second-order valence-corrected chi connectivity index (χ2v) is 13.2. The lowest BCUT2D eigenvalue weighted by molar-refractivity contribution is -0.138. The number of sulfonamides is 1. The summed E-state index contributed by atoms with van der Waals surface area (Å²) in [4.78, 5) is 15.8. The second-order valence-electron chi connectivity index (χ2n) is 11.4. The molecule has 1 saturated carbocycles. The molecule has 1 amide bonds. The molecule has 0 radical (unpaired) electrons. The van der Waals surface area contributed by atoms with Gasteiger partial charge in [-0.25, -0.2) is 12.8 Å². The molecular weight excluding hydrogens is 626 g/mol. The van der Waals surface area contributed by atoms with E-state index >= 15 is 0 Å². The number of nitrogens with zero attached hydrogens (tertiary/aromatic N) is 3. The molecule has 0 unspecified atom stereocenters. The van der Waals surface area contributed by atoms with Crippen LogP contribution in [0.5, 0.6) is 5.75 Å². The van der Waals surface area contributed by atoms with Crippen molar-refractivity contribution in [1.29, 1.82) is 0 Å². The molecule has 240 valence electrons. The maximum Gasteiger partial charge on any atom is 0.416 e. The van der Waals surface area contributed by atoms with Crippen LogP contribution in [0.1, 0.15) is 24.8 Å². The normalized spacial score (nSPS) is 19.9. The van der Waals surface area contributed by atoms with Crippen LogP contribution < -0.4 is 19.7 Å². The molecule has 2 aliphatic heterocycles. The van der Waals surface area contributed by atoms with Crippen molar-refractivity contribution in [2.75, 3.05) is 35.4 Å². The molecule has 45 heavy (non-hydrogen) atoms. The first-order chi connectivity index (χ1) is 21.2. The SMILES string of the molecule is NC(=O)C1(N2CCN3c4ccc(-c5cc(F)cc(OC(F)F)c5)cc4N(S(=O)(=O)c4cccc(C(F)(F)F)c4)C[C@@H]3C2)CCC1. The molecule has 1 aliphatic carbocycles. The minimum Gasteiger partial charge on any atom is -0.435 e. The molecule has 2 heterocycles. The number of fused-ring (bicyclic) bond motifs is 3. The number of hydrogen-bond donors (Lipinski definition) is 1. The molecule has 0 aromatic heterocycles. The van der Waals surface area contributed by atoms with E-state index in [1.807, 2.05) is 9.80 Å². The van der Waals surface area contributed by atoms with Crippen LogP contribution >= 0.6 is 0 Å². The van der Waals surface area contributed by atoms with Gasteiger partial charge in [-0.1, -0.05) is 12.1 Å².